The van der Waals surface area contributed by atoms with Crippen LogP contribution < -0.4 is 14.4 Å². The van der Waals surface area contributed by atoms with Crippen molar-refractivity contribution in [2.75, 3.05) is 22.9 Å². The molecule has 1 aromatic heterocycles. The molecule has 0 spiro atoms. The molecule has 0 saturated heterocycles. The van der Waals surface area contributed by atoms with Gasteiger partial charge in [-0.3, -0.25) is 4.79 Å². The van der Waals surface area contributed by atoms with E-state index >= 15 is 0 Å². The highest BCUT2D eigenvalue weighted by atomic mass is 35.5. The van der Waals surface area contributed by atoms with Crippen LogP contribution in [-0.2, 0) is 24.1 Å². The predicted molar refractivity (Wildman–Crippen MR) is 230 cm³/mol. The Hall–Kier alpha value is -3.43. The van der Waals surface area contributed by atoms with Crippen LogP contribution in [0.5, 0.6) is 0 Å². The molecule has 312 valence electrons. The van der Waals surface area contributed by atoms with E-state index in [-0.39, 0.29) is 27.7 Å². The molecule has 1 N–H and O–H groups in total. The first-order chi connectivity index (χ1) is 27.4. The predicted octanol–water partition coefficient (Wildman–Crippen LogP) is 13.8. The summed E-state index contributed by atoms with van der Waals surface area (Å²) >= 11 is 12.9. The zero-order valence-corrected chi connectivity index (χ0v) is 36.2. The first-order valence-electron chi connectivity index (χ1n) is 21.5. The van der Waals surface area contributed by atoms with Crippen molar-refractivity contribution >= 4 is 57.5 Å². The number of halogens is 5. The highest BCUT2D eigenvalue weighted by molar-refractivity contribution is 6.32. The molecule has 5 rings (SSSR count). The molecule has 6 nitrogen and oxygen atoms in total. The Balaban J connectivity index is 1.48. The van der Waals surface area contributed by atoms with Gasteiger partial charge in [-0.1, -0.05) is 121 Å². The van der Waals surface area contributed by atoms with E-state index in [1.807, 2.05) is 24.8 Å². The number of carbonyl (C=O) groups excluding carboxylic acids is 1. The summed E-state index contributed by atoms with van der Waals surface area (Å²) in [7, 11) is 0. The molecule has 2 heterocycles. The van der Waals surface area contributed by atoms with Crippen molar-refractivity contribution in [3.63, 3.8) is 0 Å². The number of alkyl halides is 3. The number of anilines is 2. The lowest BCUT2D eigenvalue weighted by atomic mass is 9.87. The molecule has 57 heavy (non-hydrogen) atoms. The number of aromatic nitrogens is 2. The van der Waals surface area contributed by atoms with Crippen molar-refractivity contribution in [1.82, 2.24) is 4.57 Å². The van der Waals surface area contributed by atoms with E-state index < -0.39 is 11.7 Å². The van der Waals surface area contributed by atoms with Gasteiger partial charge < -0.3 is 14.9 Å². The van der Waals surface area contributed by atoms with Crippen molar-refractivity contribution in [3.8, 4) is 0 Å². The lowest BCUT2D eigenvalue weighted by molar-refractivity contribution is -0.674. The van der Waals surface area contributed by atoms with Crippen LogP contribution >= 0.6 is 23.2 Å². The van der Waals surface area contributed by atoms with Gasteiger partial charge in [0.1, 0.15) is 11.6 Å². The maximum absolute atomic E-state index is 14.1. The first-order valence-corrected chi connectivity index (χ1v) is 22.2. The summed E-state index contributed by atoms with van der Waals surface area (Å²) in [5, 5.41) is 11.9. The number of hydrogen-bond donors (Lipinski definition) is 1. The molecule has 0 atom stereocenters. The molecule has 0 amide bonds. The number of rotatable bonds is 22. The number of carbonyl (C=O) groups is 1. The Kier molecular flexibility index (Phi) is 16.1. The average molecular weight is 831 g/mol. The third-order valence-electron chi connectivity index (χ3n) is 11.5. The molecule has 2 aromatic carbocycles. The number of unbranched alkanes of at least 4 members (excludes halogenated alkanes) is 14. The number of Topliss-reactive ketones (excluding diaryl/α,β-unsaturated/α-hetero) is 1. The maximum atomic E-state index is 14.1. The zero-order chi connectivity index (χ0) is 41.3. The van der Waals surface area contributed by atoms with Crippen molar-refractivity contribution in [2.45, 2.75) is 157 Å². The standard InChI is InChI=1S/C46H61Cl2F3N4O2/c1-6-10-12-14-16-18-20-22-24-54-40-30-36(47)32(5)26-38(40)52(8-3)42(54)27-33-44(56)34(45(33)57)28-43-53(9-4)39-29-35(46(49,50)51)37(48)31-41(39)55(43)25-23-21-19-17-15-13-11-7-2/h26-31H,6-25H2,1-5H3/p+1. The van der Waals surface area contributed by atoms with E-state index in [0.29, 0.717) is 41.9 Å². The van der Waals surface area contributed by atoms with Crippen LogP contribution in [0, 0.1) is 6.92 Å². The summed E-state index contributed by atoms with van der Waals surface area (Å²) in [5.41, 5.74) is 3.35. The Morgan fingerprint density at radius 2 is 1.30 bits per heavy atom. The highest BCUT2D eigenvalue weighted by Gasteiger charge is 2.41. The third-order valence-corrected chi connectivity index (χ3v) is 12.3. The van der Waals surface area contributed by atoms with Gasteiger partial charge in [0.15, 0.2) is 11.0 Å². The fraction of sp³-hybridized carbons (Fsp3) is 0.565. The van der Waals surface area contributed by atoms with Gasteiger partial charge in [-0.25, -0.2) is 9.13 Å². The van der Waals surface area contributed by atoms with Crippen molar-refractivity contribution in [3.05, 3.63) is 80.1 Å². The number of nitrogens with zero attached hydrogens (tertiary/aromatic N) is 4. The second kappa shape index (κ2) is 20.5. The van der Waals surface area contributed by atoms with Crippen LogP contribution in [0.15, 0.2) is 53.1 Å². The van der Waals surface area contributed by atoms with Gasteiger partial charge in [0.05, 0.1) is 46.2 Å². The van der Waals surface area contributed by atoms with Gasteiger partial charge in [-0.2, -0.15) is 13.2 Å². The van der Waals surface area contributed by atoms with Gasteiger partial charge in [-0.15, -0.1) is 0 Å². The molecule has 3 aromatic rings. The third kappa shape index (κ3) is 10.2. The molecule has 1 aliphatic heterocycles. The van der Waals surface area contributed by atoms with Crippen molar-refractivity contribution in [2.24, 2.45) is 0 Å². The van der Waals surface area contributed by atoms with Crippen LogP contribution in [0.1, 0.15) is 147 Å². The molecule has 11 heteroatoms. The number of fused-ring (bicyclic) bond motifs is 2. The van der Waals surface area contributed by atoms with E-state index in [9.17, 15) is 23.1 Å². The van der Waals surface area contributed by atoms with E-state index in [1.165, 1.54) is 70.3 Å². The van der Waals surface area contributed by atoms with E-state index in [4.69, 9.17) is 23.2 Å². The van der Waals surface area contributed by atoms with Gasteiger partial charge >= 0.3 is 6.18 Å². The van der Waals surface area contributed by atoms with E-state index in [1.54, 1.807) is 17.1 Å². The second-order valence-corrected chi connectivity index (χ2v) is 16.5. The number of benzene rings is 2. The fourth-order valence-corrected chi connectivity index (χ4v) is 8.72. The second-order valence-electron chi connectivity index (χ2n) is 15.7. The largest absolute Gasteiger partial charge is 0.506 e. The van der Waals surface area contributed by atoms with Crippen LogP contribution in [-0.4, -0.2) is 28.5 Å². The molecule has 2 aliphatic rings. The Morgan fingerprint density at radius 1 is 0.719 bits per heavy atom. The molecule has 1 aliphatic carbocycles. The summed E-state index contributed by atoms with van der Waals surface area (Å²) in [6.07, 6.45) is 17.2. The van der Waals surface area contributed by atoms with Crippen molar-refractivity contribution in [1.29, 1.82) is 0 Å². The molecule has 0 fully saturated rings. The minimum atomic E-state index is -4.62. The molecule has 0 radical (unpaired) electrons. The molecular formula is C46H62Cl2F3N4O2+. The number of aliphatic hydroxyl groups is 1. The van der Waals surface area contributed by atoms with Gasteiger partial charge in [0.2, 0.25) is 5.78 Å². The van der Waals surface area contributed by atoms with Gasteiger partial charge in [0, 0.05) is 30.3 Å². The maximum Gasteiger partial charge on any atom is 0.417 e. The summed E-state index contributed by atoms with van der Waals surface area (Å²) in [6.45, 7) is 12.6. The van der Waals surface area contributed by atoms with E-state index in [0.717, 1.165) is 73.6 Å². The Labute approximate surface area is 348 Å². The quantitative estimate of drug-likeness (QED) is 0.0623. The lowest BCUT2D eigenvalue weighted by Crippen LogP contribution is -2.37. The molecule has 0 bridgehead atoms. The van der Waals surface area contributed by atoms with Crippen LogP contribution in [0.2, 0.25) is 10.0 Å². The topological polar surface area (TPSA) is 52.6 Å². The van der Waals surface area contributed by atoms with Crippen LogP contribution in [0.4, 0.5) is 24.5 Å². The molecule has 0 unspecified atom stereocenters. The summed E-state index contributed by atoms with van der Waals surface area (Å²) in [5.74, 6) is 0.931. The zero-order valence-electron chi connectivity index (χ0n) is 34.6. The molecular weight excluding hydrogens is 768 g/mol. The normalized spacial score (nSPS) is 15.9. The monoisotopic (exact) mass is 829 g/mol. The Morgan fingerprint density at radius 3 is 1.86 bits per heavy atom. The lowest BCUT2D eigenvalue weighted by Gasteiger charge is -2.27. The number of hydrogen-bond acceptors (Lipinski definition) is 4. The number of imidazole rings is 1. The number of aliphatic hydroxyl groups excluding tert-OH is 1. The summed E-state index contributed by atoms with van der Waals surface area (Å²) in [4.78, 5) is 17.8. The van der Waals surface area contributed by atoms with E-state index in [2.05, 4.69) is 36.0 Å². The number of aryl methyl sites for hydroxylation is 3. The smallest absolute Gasteiger partial charge is 0.417 e. The average Bonchev–Trinajstić information content (AvgIpc) is 3.62. The summed E-state index contributed by atoms with van der Waals surface area (Å²) in [6, 6.07) is 6.57. The molecule has 0 saturated carbocycles. The fourth-order valence-electron chi connectivity index (χ4n) is 8.30. The van der Waals surface area contributed by atoms with Gasteiger partial charge in [-0.05, 0) is 69.9 Å². The van der Waals surface area contributed by atoms with Gasteiger partial charge in [0.25, 0.3) is 5.82 Å². The minimum Gasteiger partial charge on any atom is -0.506 e. The summed E-state index contributed by atoms with van der Waals surface area (Å²) < 4.78 is 46.5. The highest BCUT2D eigenvalue weighted by Crippen LogP contribution is 2.48. The van der Waals surface area contributed by atoms with Crippen LogP contribution in [0.25, 0.3) is 17.1 Å². The number of ketones is 1. The Bertz CT molecular complexity index is 1980. The van der Waals surface area contributed by atoms with Crippen molar-refractivity contribution < 1.29 is 27.6 Å². The number of allylic oxidation sites excluding steroid dienone is 3. The first kappa shape index (κ1) is 44.7. The minimum absolute atomic E-state index is 0.124. The van der Waals surface area contributed by atoms with Crippen LogP contribution in [0.3, 0.4) is 0 Å². The SMILES string of the molecule is CCCCCCCCCCN1C(=CC2=C(O)C(=Cc3n(CC)c4cc(C)c(Cl)cc4[n+]3CCCCCCCCCC)C2=O)N(CC)c2cc(C(F)(F)F)c(Cl)cc21.